The largest absolute Gasteiger partial charge is 0.360 e. The summed E-state index contributed by atoms with van der Waals surface area (Å²) in [5.74, 6) is 0.406. The summed E-state index contributed by atoms with van der Waals surface area (Å²) in [4.78, 5) is 26.3. The summed E-state index contributed by atoms with van der Waals surface area (Å²) >= 11 is 0. The van der Waals surface area contributed by atoms with Crippen molar-refractivity contribution in [2.45, 2.75) is 51.7 Å². The number of rotatable bonds is 4. The Bertz CT molecular complexity index is 471. The summed E-state index contributed by atoms with van der Waals surface area (Å²) in [7, 11) is 0. The molecule has 2 atom stereocenters. The minimum Gasteiger partial charge on any atom is -0.360 e. The summed E-state index contributed by atoms with van der Waals surface area (Å²) < 4.78 is 5.04. The fraction of sp³-hybridized carbons (Fsp3) is 0.615. The van der Waals surface area contributed by atoms with Gasteiger partial charge in [0.05, 0.1) is 12.7 Å². The molecule has 1 N–H and O–H groups in total. The van der Waals surface area contributed by atoms with Crippen LogP contribution in [0.1, 0.15) is 39.4 Å². The first kappa shape index (κ1) is 13.6. The fourth-order valence-corrected chi connectivity index (χ4v) is 2.33. The molecule has 1 fully saturated rings. The van der Waals surface area contributed by atoms with Gasteiger partial charge in [0.1, 0.15) is 11.6 Å². The third kappa shape index (κ3) is 2.34. The fourth-order valence-electron chi connectivity index (χ4n) is 2.33. The Labute approximate surface area is 112 Å². The first-order chi connectivity index (χ1) is 9.01. The molecule has 2 heterocycles. The molecule has 1 saturated heterocycles. The number of amides is 2. The van der Waals surface area contributed by atoms with E-state index < -0.39 is 11.6 Å². The van der Waals surface area contributed by atoms with Gasteiger partial charge in [-0.1, -0.05) is 19.0 Å². The summed E-state index contributed by atoms with van der Waals surface area (Å²) in [6.07, 6.45) is 2.66. The highest BCUT2D eigenvalue weighted by molar-refractivity contribution is 5.99. The number of hydrogen-bond donors (Lipinski definition) is 1. The Morgan fingerprint density at radius 3 is 2.74 bits per heavy atom. The monoisotopic (exact) mass is 265 g/mol. The molecular formula is C13H19N3O3. The van der Waals surface area contributed by atoms with Gasteiger partial charge in [0.2, 0.25) is 11.8 Å². The quantitative estimate of drug-likeness (QED) is 0.884. The first-order valence-corrected chi connectivity index (χ1v) is 6.54. The Morgan fingerprint density at radius 1 is 1.47 bits per heavy atom. The van der Waals surface area contributed by atoms with Crippen molar-refractivity contribution in [3.63, 3.8) is 0 Å². The van der Waals surface area contributed by atoms with Crippen LogP contribution in [0.5, 0.6) is 0 Å². The molecule has 0 spiro atoms. The average molecular weight is 265 g/mol. The third-order valence-corrected chi connectivity index (χ3v) is 3.72. The Balaban J connectivity index is 2.29. The number of piperazine rings is 1. The molecule has 104 valence electrons. The maximum absolute atomic E-state index is 12.6. The van der Waals surface area contributed by atoms with Gasteiger partial charge < -0.3 is 14.7 Å². The topological polar surface area (TPSA) is 75.4 Å². The van der Waals surface area contributed by atoms with Crippen LogP contribution in [0, 0.1) is 0 Å². The first-order valence-electron chi connectivity index (χ1n) is 6.54. The third-order valence-electron chi connectivity index (χ3n) is 3.72. The Morgan fingerprint density at radius 2 is 2.21 bits per heavy atom. The molecule has 2 unspecified atom stereocenters. The minimum absolute atomic E-state index is 0.0714. The van der Waals surface area contributed by atoms with Crippen molar-refractivity contribution in [2.24, 2.45) is 0 Å². The molecule has 1 aromatic rings. The maximum atomic E-state index is 12.6. The molecule has 2 rings (SSSR count). The van der Waals surface area contributed by atoms with Crippen LogP contribution in [0.4, 0.5) is 0 Å². The zero-order valence-corrected chi connectivity index (χ0v) is 11.5. The van der Waals surface area contributed by atoms with Crippen molar-refractivity contribution in [2.75, 3.05) is 0 Å². The second kappa shape index (κ2) is 5.03. The second-order valence-corrected chi connectivity index (χ2v) is 5.01. The van der Waals surface area contributed by atoms with E-state index in [1.807, 2.05) is 13.8 Å². The molecule has 6 heteroatoms. The lowest BCUT2D eigenvalue weighted by molar-refractivity contribution is -0.155. The normalized spacial score (nSPS) is 27.5. The molecule has 0 aliphatic carbocycles. The molecule has 0 aromatic carbocycles. The number of nitrogens with one attached hydrogen (secondary N) is 1. The smallest absolute Gasteiger partial charge is 0.249 e. The molecule has 1 aromatic heterocycles. The number of carbonyl (C=O) groups is 2. The molecule has 0 bridgehead atoms. The number of nitrogens with zero attached hydrogens (tertiary/aromatic N) is 2. The van der Waals surface area contributed by atoms with Gasteiger partial charge in [0.25, 0.3) is 0 Å². The zero-order chi connectivity index (χ0) is 14.0. The zero-order valence-electron chi connectivity index (χ0n) is 11.5. The van der Waals surface area contributed by atoms with Crippen molar-refractivity contribution in [1.29, 1.82) is 0 Å². The molecule has 1 aliphatic rings. The van der Waals surface area contributed by atoms with Crippen molar-refractivity contribution in [1.82, 2.24) is 15.4 Å². The van der Waals surface area contributed by atoms with Crippen LogP contribution in [0.3, 0.4) is 0 Å². The molecular weight excluding hydrogens is 246 g/mol. The van der Waals surface area contributed by atoms with Crippen molar-refractivity contribution < 1.29 is 14.1 Å². The van der Waals surface area contributed by atoms with E-state index in [9.17, 15) is 9.59 Å². The standard InChI is InChI=1S/C13H19N3O3/c1-4-10-11(17)15-13(3,5-2)12(18)16(10)8-9-6-7-14-19-9/h6-7,10H,4-5,8H2,1-3H3,(H,15,17). The molecule has 19 heavy (non-hydrogen) atoms. The van der Waals surface area contributed by atoms with Crippen LogP contribution < -0.4 is 5.32 Å². The van der Waals surface area contributed by atoms with E-state index in [2.05, 4.69) is 10.5 Å². The minimum atomic E-state index is -0.831. The van der Waals surface area contributed by atoms with E-state index in [4.69, 9.17) is 4.52 Å². The summed E-state index contributed by atoms with van der Waals surface area (Å²) in [6, 6.07) is 1.26. The van der Waals surface area contributed by atoms with Crippen LogP contribution in [-0.4, -0.2) is 33.5 Å². The van der Waals surface area contributed by atoms with Crippen LogP contribution in [-0.2, 0) is 16.1 Å². The van der Waals surface area contributed by atoms with E-state index in [0.29, 0.717) is 18.6 Å². The summed E-state index contributed by atoms with van der Waals surface area (Å²) in [5.41, 5.74) is -0.831. The van der Waals surface area contributed by atoms with Gasteiger partial charge in [-0.3, -0.25) is 9.59 Å². The van der Waals surface area contributed by atoms with Crippen molar-refractivity contribution in [3.8, 4) is 0 Å². The highest BCUT2D eigenvalue weighted by Crippen LogP contribution is 2.24. The van der Waals surface area contributed by atoms with Crippen LogP contribution >= 0.6 is 0 Å². The second-order valence-electron chi connectivity index (χ2n) is 5.01. The van der Waals surface area contributed by atoms with Gasteiger partial charge in [0, 0.05) is 6.07 Å². The molecule has 0 saturated carbocycles. The lowest BCUT2D eigenvalue weighted by Crippen LogP contribution is -2.68. The molecule has 6 nitrogen and oxygen atoms in total. The SMILES string of the molecule is CCC1C(=O)NC(C)(CC)C(=O)N1Cc1ccno1. The highest BCUT2D eigenvalue weighted by atomic mass is 16.5. The molecule has 2 amide bonds. The predicted molar refractivity (Wildman–Crippen MR) is 68.0 cm³/mol. The van der Waals surface area contributed by atoms with Gasteiger partial charge >= 0.3 is 0 Å². The van der Waals surface area contributed by atoms with Gasteiger partial charge in [-0.15, -0.1) is 0 Å². The van der Waals surface area contributed by atoms with E-state index in [-0.39, 0.29) is 18.4 Å². The van der Waals surface area contributed by atoms with Gasteiger partial charge in [-0.2, -0.15) is 0 Å². The van der Waals surface area contributed by atoms with E-state index in [0.717, 1.165) is 0 Å². The number of hydrogen-bond acceptors (Lipinski definition) is 4. The van der Waals surface area contributed by atoms with Crippen LogP contribution in [0.15, 0.2) is 16.8 Å². The van der Waals surface area contributed by atoms with Crippen molar-refractivity contribution in [3.05, 3.63) is 18.0 Å². The number of aromatic nitrogens is 1. The maximum Gasteiger partial charge on any atom is 0.249 e. The Hall–Kier alpha value is -1.85. The van der Waals surface area contributed by atoms with Gasteiger partial charge in [0.15, 0.2) is 5.76 Å². The van der Waals surface area contributed by atoms with Gasteiger partial charge in [-0.25, -0.2) is 0 Å². The van der Waals surface area contributed by atoms with E-state index >= 15 is 0 Å². The Kier molecular flexibility index (Phi) is 3.59. The lowest BCUT2D eigenvalue weighted by Gasteiger charge is -2.43. The average Bonchev–Trinajstić information content (AvgIpc) is 2.89. The van der Waals surface area contributed by atoms with E-state index in [1.54, 1.807) is 17.9 Å². The van der Waals surface area contributed by atoms with Crippen LogP contribution in [0.2, 0.25) is 0 Å². The van der Waals surface area contributed by atoms with Crippen LogP contribution in [0.25, 0.3) is 0 Å². The van der Waals surface area contributed by atoms with E-state index in [1.165, 1.54) is 6.20 Å². The van der Waals surface area contributed by atoms with Gasteiger partial charge in [-0.05, 0) is 19.8 Å². The lowest BCUT2D eigenvalue weighted by atomic mass is 9.91. The molecule has 0 radical (unpaired) electrons. The molecule has 1 aliphatic heterocycles. The summed E-state index contributed by atoms with van der Waals surface area (Å²) in [6.45, 7) is 5.81. The summed E-state index contributed by atoms with van der Waals surface area (Å²) in [5, 5.41) is 6.45. The van der Waals surface area contributed by atoms with Crippen molar-refractivity contribution >= 4 is 11.8 Å². The number of carbonyl (C=O) groups excluding carboxylic acids is 2. The highest BCUT2D eigenvalue weighted by Gasteiger charge is 2.46. The predicted octanol–water partition coefficient (Wildman–Crippen LogP) is 1.08.